The molecule has 0 bridgehead atoms. The van der Waals surface area contributed by atoms with Gasteiger partial charge in [-0.2, -0.15) is 5.10 Å². The zero-order valence-electron chi connectivity index (χ0n) is 17.0. The first-order valence-corrected chi connectivity index (χ1v) is 10.7. The monoisotopic (exact) mass is 430 g/mol. The maximum Gasteiger partial charge on any atom is 0.219 e. The molecular weight excluding hydrogens is 407 g/mol. The van der Waals surface area contributed by atoms with Crippen molar-refractivity contribution in [2.75, 3.05) is 18.4 Å². The number of halogens is 2. The number of carbonyl (C=O) groups is 1. The van der Waals surface area contributed by atoms with Crippen LogP contribution in [-0.2, 0) is 4.79 Å². The Kier molecular flexibility index (Phi) is 4.69. The second kappa shape index (κ2) is 7.27. The lowest BCUT2D eigenvalue weighted by Crippen LogP contribution is -2.45. The van der Waals surface area contributed by atoms with Gasteiger partial charge in [0.25, 0.3) is 0 Å². The van der Waals surface area contributed by atoms with Crippen molar-refractivity contribution in [1.29, 1.82) is 0 Å². The molecule has 2 fully saturated rings. The molecule has 1 saturated heterocycles. The third kappa shape index (κ3) is 3.23. The van der Waals surface area contributed by atoms with E-state index >= 15 is 0 Å². The number of likely N-dealkylation sites (tertiary alicyclic amines) is 1. The average Bonchev–Trinajstić information content (AvgIpc) is 3.35. The zero-order chi connectivity index (χ0) is 21.0. The Labute approximate surface area is 178 Å². The van der Waals surface area contributed by atoms with Crippen molar-refractivity contribution in [3.8, 4) is 11.1 Å². The van der Waals surface area contributed by atoms with Gasteiger partial charge in [-0.25, -0.2) is 9.37 Å². The van der Waals surface area contributed by atoms with Gasteiger partial charge in [0.15, 0.2) is 0 Å². The lowest BCUT2D eigenvalue weighted by atomic mass is 10.0. The first-order valence-electron chi connectivity index (χ1n) is 10.3. The predicted molar refractivity (Wildman–Crippen MR) is 115 cm³/mol. The van der Waals surface area contributed by atoms with E-state index in [0.717, 1.165) is 46.4 Å². The molecule has 9 heteroatoms. The topological polar surface area (TPSA) is 78.8 Å². The highest BCUT2D eigenvalue weighted by atomic mass is 35.5. The van der Waals surface area contributed by atoms with Gasteiger partial charge < -0.3 is 15.2 Å². The van der Waals surface area contributed by atoms with Crippen LogP contribution in [0.1, 0.15) is 37.9 Å². The smallest absolute Gasteiger partial charge is 0.219 e. The summed E-state index contributed by atoms with van der Waals surface area (Å²) in [5.41, 5.74) is 4.38. The molecule has 0 radical (unpaired) electrons. The fourth-order valence-corrected chi connectivity index (χ4v) is 4.56. The lowest BCUT2D eigenvalue weighted by Gasteiger charge is -2.34. The van der Waals surface area contributed by atoms with Crippen LogP contribution in [0.4, 0.5) is 10.1 Å². The van der Waals surface area contributed by atoms with Crippen LogP contribution in [0, 0.1) is 6.92 Å². The number of aromatic nitrogens is 4. The summed E-state index contributed by atoms with van der Waals surface area (Å²) in [5.74, 6) is -0.0903. The van der Waals surface area contributed by atoms with Crippen molar-refractivity contribution in [3.63, 3.8) is 0 Å². The highest BCUT2D eigenvalue weighted by Crippen LogP contribution is 2.41. The zero-order valence-corrected chi connectivity index (χ0v) is 17.7. The fourth-order valence-electron chi connectivity index (χ4n) is 4.32. The predicted octanol–water partition coefficient (Wildman–Crippen LogP) is 4.09. The first-order chi connectivity index (χ1) is 14.4. The highest BCUT2D eigenvalue weighted by molar-refractivity contribution is 6.36. The van der Waals surface area contributed by atoms with Crippen LogP contribution in [0.5, 0.6) is 0 Å². The van der Waals surface area contributed by atoms with E-state index < -0.39 is 6.17 Å². The second-order valence-electron chi connectivity index (χ2n) is 8.25. The van der Waals surface area contributed by atoms with E-state index in [1.165, 1.54) is 6.92 Å². The van der Waals surface area contributed by atoms with Gasteiger partial charge in [0.1, 0.15) is 11.8 Å². The molecular formula is C21H24ClFN6O. The van der Waals surface area contributed by atoms with Crippen molar-refractivity contribution >= 4 is 34.2 Å². The molecule has 2 atom stereocenters. The molecule has 7 nitrogen and oxygen atoms in total. The number of nitrogens with zero attached hydrogens (tertiary/aromatic N) is 4. The molecule has 3 aromatic rings. The maximum atomic E-state index is 14.9. The summed E-state index contributed by atoms with van der Waals surface area (Å²) in [6.07, 6.45) is 6.98. The molecule has 1 aliphatic heterocycles. The molecule has 3 aromatic heterocycles. The number of aromatic amines is 1. The van der Waals surface area contributed by atoms with Gasteiger partial charge in [0.2, 0.25) is 5.91 Å². The number of H-pyrrole nitrogens is 1. The van der Waals surface area contributed by atoms with E-state index in [0.29, 0.717) is 24.0 Å². The largest absolute Gasteiger partial charge is 0.381 e. The maximum absolute atomic E-state index is 14.9. The highest BCUT2D eigenvalue weighted by Gasteiger charge is 2.34. The normalized spacial score (nSPS) is 21.9. The van der Waals surface area contributed by atoms with Crippen LogP contribution >= 0.6 is 11.6 Å². The van der Waals surface area contributed by atoms with Crippen molar-refractivity contribution < 1.29 is 9.18 Å². The minimum absolute atomic E-state index is 0.0903. The molecule has 4 heterocycles. The number of hydrogen-bond acceptors (Lipinski definition) is 4. The van der Waals surface area contributed by atoms with Crippen LogP contribution in [0.15, 0.2) is 18.6 Å². The number of alkyl halides is 1. The summed E-state index contributed by atoms with van der Waals surface area (Å²) in [4.78, 5) is 20.8. The minimum atomic E-state index is -1.15. The summed E-state index contributed by atoms with van der Waals surface area (Å²) < 4.78 is 16.7. The molecule has 2 aliphatic rings. The number of amides is 1. The summed E-state index contributed by atoms with van der Waals surface area (Å²) in [6, 6.07) is 0.0449. The van der Waals surface area contributed by atoms with E-state index in [-0.39, 0.29) is 18.5 Å². The fraction of sp³-hybridized carbons (Fsp3) is 0.476. The first kappa shape index (κ1) is 19.4. The van der Waals surface area contributed by atoms with E-state index in [4.69, 9.17) is 11.6 Å². The molecule has 30 heavy (non-hydrogen) atoms. The number of hydrogen-bond donors (Lipinski definition) is 2. The summed E-state index contributed by atoms with van der Waals surface area (Å²) in [6.45, 7) is 4.08. The number of pyridine rings is 1. The average molecular weight is 431 g/mol. The van der Waals surface area contributed by atoms with Crippen LogP contribution < -0.4 is 5.32 Å². The summed E-state index contributed by atoms with van der Waals surface area (Å²) >= 11 is 6.45. The van der Waals surface area contributed by atoms with Gasteiger partial charge in [0.05, 0.1) is 34.9 Å². The molecule has 158 valence electrons. The van der Waals surface area contributed by atoms with Gasteiger partial charge >= 0.3 is 0 Å². The Balaban J connectivity index is 1.53. The van der Waals surface area contributed by atoms with Crippen LogP contribution in [0.2, 0.25) is 5.02 Å². The van der Waals surface area contributed by atoms with Crippen molar-refractivity contribution in [2.45, 2.75) is 51.4 Å². The van der Waals surface area contributed by atoms with Gasteiger partial charge in [0, 0.05) is 48.7 Å². The van der Waals surface area contributed by atoms with E-state index in [2.05, 4.69) is 20.4 Å². The molecule has 2 N–H and O–H groups in total. The van der Waals surface area contributed by atoms with E-state index in [1.807, 2.05) is 13.1 Å². The standard InChI is InChI=1S/C21H24ClFN6O/c1-11-14(8-26-29(11)18-5-6-28(12(2)30)10-17(18)23)15-7-24-21-19(16(22)9-25-21)20(15)27-13-3-4-13/h7-9,13,17-18H,3-6,10H2,1-2H3,(H2,24,25,27)/t17-,18-/m1/s1. The molecule has 1 amide bonds. The SMILES string of the molecule is CC(=O)N1CC[C@@H](n2ncc(-c3cnc4[nH]cc(Cl)c4c3NC3CC3)c2C)[C@H](F)C1. The lowest BCUT2D eigenvalue weighted by molar-refractivity contribution is -0.131. The molecule has 1 aliphatic carbocycles. The minimum Gasteiger partial charge on any atom is -0.381 e. The number of piperidine rings is 1. The van der Waals surface area contributed by atoms with Crippen molar-refractivity contribution in [2.24, 2.45) is 0 Å². The number of anilines is 1. The Hall–Kier alpha value is -2.61. The molecule has 0 spiro atoms. The third-order valence-electron chi connectivity index (χ3n) is 6.18. The molecule has 1 saturated carbocycles. The third-order valence-corrected chi connectivity index (χ3v) is 6.48. The Bertz CT molecular complexity index is 1120. The molecule has 0 unspecified atom stereocenters. The molecule has 0 aromatic carbocycles. The van der Waals surface area contributed by atoms with Crippen LogP contribution in [-0.4, -0.2) is 55.9 Å². The van der Waals surface area contributed by atoms with Gasteiger partial charge in [-0.1, -0.05) is 11.6 Å². The van der Waals surface area contributed by atoms with Gasteiger partial charge in [-0.15, -0.1) is 0 Å². The number of fused-ring (bicyclic) bond motifs is 1. The van der Waals surface area contributed by atoms with E-state index in [1.54, 1.807) is 22.0 Å². The Morgan fingerprint density at radius 2 is 2.10 bits per heavy atom. The Morgan fingerprint density at radius 3 is 2.80 bits per heavy atom. The number of carbonyl (C=O) groups excluding carboxylic acids is 1. The van der Waals surface area contributed by atoms with Crippen molar-refractivity contribution in [1.82, 2.24) is 24.6 Å². The Morgan fingerprint density at radius 1 is 1.30 bits per heavy atom. The summed E-state index contributed by atoms with van der Waals surface area (Å²) in [5, 5.41) is 9.62. The number of rotatable bonds is 4. The summed E-state index contributed by atoms with van der Waals surface area (Å²) in [7, 11) is 0. The second-order valence-corrected chi connectivity index (χ2v) is 8.66. The molecule has 5 rings (SSSR count). The number of nitrogens with one attached hydrogen (secondary N) is 2. The van der Waals surface area contributed by atoms with E-state index in [9.17, 15) is 9.18 Å². The van der Waals surface area contributed by atoms with Gasteiger partial charge in [-0.3, -0.25) is 9.48 Å². The quantitative estimate of drug-likeness (QED) is 0.653. The van der Waals surface area contributed by atoms with Crippen molar-refractivity contribution in [3.05, 3.63) is 29.3 Å². The van der Waals surface area contributed by atoms with Gasteiger partial charge in [-0.05, 0) is 26.2 Å². The van der Waals surface area contributed by atoms with Crippen LogP contribution in [0.3, 0.4) is 0 Å². The van der Waals surface area contributed by atoms with Crippen LogP contribution in [0.25, 0.3) is 22.2 Å².